The van der Waals surface area contributed by atoms with E-state index in [9.17, 15) is 4.79 Å². The lowest BCUT2D eigenvalue weighted by Gasteiger charge is -2.09. The zero-order valence-corrected chi connectivity index (χ0v) is 12.9. The molecule has 0 unspecified atom stereocenters. The quantitative estimate of drug-likeness (QED) is 0.463. The first-order valence-electron chi connectivity index (χ1n) is 7.29. The van der Waals surface area contributed by atoms with Gasteiger partial charge in [0.2, 0.25) is 0 Å². The second-order valence-electron chi connectivity index (χ2n) is 4.70. The summed E-state index contributed by atoms with van der Waals surface area (Å²) in [7, 11) is 0. The van der Waals surface area contributed by atoms with E-state index in [4.69, 9.17) is 14.7 Å². The molecule has 0 amide bonds. The third kappa shape index (κ3) is 4.72. The van der Waals surface area contributed by atoms with Gasteiger partial charge in [0, 0.05) is 5.56 Å². The van der Waals surface area contributed by atoms with Gasteiger partial charge in [-0.2, -0.15) is 5.26 Å². The van der Waals surface area contributed by atoms with Crippen molar-refractivity contribution in [3.63, 3.8) is 0 Å². The molecule has 0 aliphatic rings. The first kappa shape index (κ1) is 16.3. The number of benzene rings is 2. The van der Waals surface area contributed by atoms with Gasteiger partial charge in [-0.3, -0.25) is 0 Å². The van der Waals surface area contributed by atoms with E-state index in [2.05, 4.69) is 0 Å². The zero-order valence-electron chi connectivity index (χ0n) is 12.9. The van der Waals surface area contributed by atoms with Crippen molar-refractivity contribution in [1.29, 1.82) is 5.26 Å². The fourth-order valence-electron chi connectivity index (χ4n) is 1.97. The molecule has 0 spiro atoms. The van der Waals surface area contributed by atoms with Crippen LogP contribution in [-0.2, 0) is 16.1 Å². The van der Waals surface area contributed by atoms with Crippen LogP contribution in [-0.4, -0.2) is 12.6 Å². The van der Waals surface area contributed by atoms with E-state index in [1.807, 2.05) is 48.5 Å². The molecule has 2 aromatic rings. The van der Waals surface area contributed by atoms with Gasteiger partial charge in [0.1, 0.15) is 24.0 Å². The number of para-hydroxylation sites is 1. The molecule has 23 heavy (non-hydrogen) atoms. The first-order chi connectivity index (χ1) is 11.2. The van der Waals surface area contributed by atoms with E-state index in [1.54, 1.807) is 19.1 Å². The lowest BCUT2D eigenvalue weighted by molar-refractivity contribution is -0.137. The van der Waals surface area contributed by atoms with Gasteiger partial charge in [0.25, 0.3) is 0 Å². The van der Waals surface area contributed by atoms with Crippen LogP contribution in [0, 0.1) is 11.3 Å². The summed E-state index contributed by atoms with van der Waals surface area (Å²) in [5, 5.41) is 9.12. The molecule has 2 rings (SSSR count). The number of ether oxygens (including phenoxy) is 2. The number of nitrogens with zero attached hydrogens (tertiary/aromatic N) is 1. The van der Waals surface area contributed by atoms with Crippen LogP contribution in [0.3, 0.4) is 0 Å². The number of carbonyl (C=O) groups excluding carboxylic acids is 1. The molecule has 0 N–H and O–H groups in total. The van der Waals surface area contributed by atoms with Gasteiger partial charge in [0.05, 0.1) is 6.61 Å². The molecule has 0 bridgehead atoms. The highest BCUT2D eigenvalue weighted by Gasteiger charge is 2.11. The normalized spacial score (nSPS) is 10.7. The Kier molecular flexibility index (Phi) is 5.96. The van der Waals surface area contributed by atoms with Gasteiger partial charge >= 0.3 is 5.97 Å². The highest BCUT2D eigenvalue weighted by molar-refractivity contribution is 5.98. The number of nitriles is 1. The average Bonchev–Trinajstić information content (AvgIpc) is 2.59. The first-order valence-corrected chi connectivity index (χ1v) is 7.29. The molecule has 0 radical (unpaired) electrons. The summed E-state index contributed by atoms with van der Waals surface area (Å²) in [6, 6.07) is 18.9. The Balaban J connectivity index is 2.20. The monoisotopic (exact) mass is 307 g/mol. The third-order valence-electron chi connectivity index (χ3n) is 3.07. The molecule has 0 saturated heterocycles. The van der Waals surface area contributed by atoms with Crippen molar-refractivity contribution < 1.29 is 14.3 Å². The molecule has 0 fully saturated rings. The van der Waals surface area contributed by atoms with Crippen molar-refractivity contribution in [2.45, 2.75) is 13.5 Å². The molecular formula is C19H17NO3. The Morgan fingerprint density at radius 2 is 1.83 bits per heavy atom. The highest BCUT2D eigenvalue weighted by atomic mass is 16.5. The fraction of sp³-hybridized carbons (Fsp3) is 0.158. The molecule has 0 aliphatic carbocycles. The minimum absolute atomic E-state index is 0.0531. The standard InChI is InChI=1S/C19H17NO3/c1-2-22-19(21)17(13-20)12-16-10-6-7-11-18(16)23-14-15-8-4-3-5-9-15/h3-12H,2,14H2,1H3/b17-12+. The van der Waals surface area contributed by atoms with Crippen LogP contribution in [0.15, 0.2) is 60.2 Å². The van der Waals surface area contributed by atoms with E-state index in [0.29, 0.717) is 17.9 Å². The van der Waals surface area contributed by atoms with Gasteiger partial charge in [0.15, 0.2) is 0 Å². The van der Waals surface area contributed by atoms with Gasteiger partial charge in [-0.15, -0.1) is 0 Å². The van der Waals surface area contributed by atoms with Crippen LogP contribution < -0.4 is 4.74 Å². The van der Waals surface area contributed by atoms with Crippen LogP contribution >= 0.6 is 0 Å². The number of carbonyl (C=O) groups is 1. The van der Waals surface area contributed by atoms with Crippen LogP contribution in [0.4, 0.5) is 0 Å². The lowest BCUT2D eigenvalue weighted by atomic mass is 10.1. The van der Waals surface area contributed by atoms with Gasteiger partial charge in [-0.25, -0.2) is 4.79 Å². The molecular weight excluding hydrogens is 290 g/mol. The van der Waals surface area contributed by atoms with Crippen molar-refractivity contribution >= 4 is 12.0 Å². The summed E-state index contributed by atoms with van der Waals surface area (Å²) >= 11 is 0. The number of hydrogen-bond donors (Lipinski definition) is 0. The summed E-state index contributed by atoms with van der Waals surface area (Å²) in [6.07, 6.45) is 1.48. The SMILES string of the molecule is CCOC(=O)/C(C#N)=C/c1ccccc1OCc1ccccc1. The molecule has 0 aliphatic heterocycles. The zero-order chi connectivity index (χ0) is 16.5. The molecule has 4 nitrogen and oxygen atoms in total. The molecule has 0 saturated carbocycles. The van der Waals surface area contributed by atoms with Crippen LogP contribution in [0.25, 0.3) is 6.08 Å². The number of rotatable bonds is 6. The van der Waals surface area contributed by atoms with E-state index in [0.717, 1.165) is 5.56 Å². The second-order valence-corrected chi connectivity index (χ2v) is 4.70. The van der Waals surface area contributed by atoms with E-state index in [1.165, 1.54) is 6.08 Å². The van der Waals surface area contributed by atoms with Crippen LogP contribution in [0.5, 0.6) is 5.75 Å². The van der Waals surface area contributed by atoms with Crippen LogP contribution in [0.1, 0.15) is 18.1 Å². The Morgan fingerprint density at radius 3 is 2.52 bits per heavy atom. The summed E-state index contributed by atoms with van der Waals surface area (Å²) in [6.45, 7) is 2.33. The van der Waals surface area contributed by atoms with E-state index >= 15 is 0 Å². The van der Waals surface area contributed by atoms with E-state index in [-0.39, 0.29) is 12.2 Å². The maximum atomic E-state index is 11.7. The summed E-state index contributed by atoms with van der Waals surface area (Å²) in [4.78, 5) is 11.7. The second kappa shape index (κ2) is 8.40. The molecule has 0 aromatic heterocycles. The maximum Gasteiger partial charge on any atom is 0.348 e. The molecule has 0 atom stereocenters. The summed E-state index contributed by atoms with van der Waals surface area (Å²) < 4.78 is 10.7. The van der Waals surface area contributed by atoms with Crippen molar-refractivity contribution in [3.05, 3.63) is 71.3 Å². The van der Waals surface area contributed by atoms with Crippen LogP contribution in [0.2, 0.25) is 0 Å². The van der Waals surface area contributed by atoms with E-state index < -0.39 is 5.97 Å². The predicted octanol–water partition coefficient (Wildman–Crippen LogP) is 3.74. The van der Waals surface area contributed by atoms with Crippen molar-refractivity contribution in [2.24, 2.45) is 0 Å². The minimum Gasteiger partial charge on any atom is -0.488 e. The average molecular weight is 307 g/mol. The Hall–Kier alpha value is -3.06. The van der Waals surface area contributed by atoms with Gasteiger partial charge in [-0.05, 0) is 24.6 Å². The van der Waals surface area contributed by atoms with Gasteiger partial charge < -0.3 is 9.47 Å². The predicted molar refractivity (Wildman–Crippen MR) is 87.4 cm³/mol. The molecule has 4 heteroatoms. The largest absolute Gasteiger partial charge is 0.488 e. The van der Waals surface area contributed by atoms with Gasteiger partial charge in [-0.1, -0.05) is 48.5 Å². The smallest absolute Gasteiger partial charge is 0.348 e. The minimum atomic E-state index is -0.632. The van der Waals surface area contributed by atoms with Crippen molar-refractivity contribution in [2.75, 3.05) is 6.61 Å². The fourth-order valence-corrected chi connectivity index (χ4v) is 1.97. The Bertz CT molecular complexity index is 730. The summed E-state index contributed by atoms with van der Waals surface area (Å²) in [5.41, 5.74) is 1.65. The molecule has 2 aromatic carbocycles. The Morgan fingerprint density at radius 1 is 1.13 bits per heavy atom. The number of esters is 1. The molecule has 0 heterocycles. The lowest BCUT2D eigenvalue weighted by Crippen LogP contribution is -2.06. The maximum absolute atomic E-state index is 11.7. The Labute approximate surface area is 135 Å². The van der Waals surface area contributed by atoms with Crippen molar-refractivity contribution in [1.82, 2.24) is 0 Å². The molecule has 116 valence electrons. The summed E-state index contributed by atoms with van der Waals surface area (Å²) in [5.74, 6) is -0.0266. The number of hydrogen-bond acceptors (Lipinski definition) is 4. The third-order valence-corrected chi connectivity index (χ3v) is 3.07. The van der Waals surface area contributed by atoms with Crippen molar-refractivity contribution in [3.8, 4) is 11.8 Å². The topological polar surface area (TPSA) is 59.3 Å². The highest BCUT2D eigenvalue weighted by Crippen LogP contribution is 2.22.